The van der Waals surface area contributed by atoms with Gasteiger partial charge in [0.15, 0.2) is 0 Å². The Morgan fingerprint density at radius 1 is 1.17 bits per heavy atom. The molecule has 0 saturated carbocycles. The lowest BCUT2D eigenvalue weighted by Crippen LogP contribution is -2.09. The first-order chi connectivity index (χ1) is 11.0. The molecule has 0 bridgehead atoms. The largest absolute Gasteiger partial charge is 0.377 e. The first-order valence-corrected chi connectivity index (χ1v) is 8.47. The highest BCUT2D eigenvalue weighted by molar-refractivity contribution is 9.10. The summed E-state index contributed by atoms with van der Waals surface area (Å²) in [4.78, 5) is 4.29. The van der Waals surface area contributed by atoms with Crippen molar-refractivity contribution in [2.45, 2.75) is 13.0 Å². The number of benzene rings is 2. The number of hydrogen-bond donors (Lipinski definition) is 1. The molecular formula is C17H12BrCl2FN2. The van der Waals surface area contributed by atoms with Crippen molar-refractivity contribution in [2.75, 3.05) is 5.32 Å². The van der Waals surface area contributed by atoms with Gasteiger partial charge in [-0.1, -0.05) is 41.4 Å². The molecule has 0 fully saturated rings. The van der Waals surface area contributed by atoms with Crippen LogP contribution in [0.25, 0.3) is 10.9 Å². The number of hydrogen-bond acceptors (Lipinski definition) is 2. The lowest BCUT2D eigenvalue weighted by molar-refractivity contribution is 0.600. The van der Waals surface area contributed by atoms with Gasteiger partial charge in [-0.3, -0.25) is 4.98 Å². The minimum atomic E-state index is -0.283. The molecule has 0 saturated heterocycles. The highest BCUT2D eigenvalue weighted by Crippen LogP contribution is 2.39. The van der Waals surface area contributed by atoms with Gasteiger partial charge >= 0.3 is 0 Å². The quantitative estimate of drug-likeness (QED) is 0.522. The van der Waals surface area contributed by atoms with Crippen LogP contribution in [0, 0.1) is 5.82 Å². The average Bonchev–Trinajstić information content (AvgIpc) is 2.53. The average molecular weight is 414 g/mol. The summed E-state index contributed by atoms with van der Waals surface area (Å²) in [6, 6.07) is 10.0. The van der Waals surface area contributed by atoms with E-state index in [1.54, 1.807) is 24.4 Å². The van der Waals surface area contributed by atoms with Crippen LogP contribution in [0.3, 0.4) is 0 Å². The summed E-state index contributed by atoms with van der Waals surface area (Å²) in [7, 11) is 0. The topological polar surface area (TPSA) is 24.9 Å². The van der Waals surface area contributed by atoms with Gasteiger partial charge < -0.3 is 5.32 Å². The summed E-state index contributed by atoms with van der Waals surface area (Å²) in [5, 5.41) is 4.91. The number of rotatable bonds is 3. The molecule has 3 aromatic rings. The van der Waals surface area contributed by atoms with Gasteiger partial charge in [0.1, 0.15) is 5.82 Å². The summed E-state index contributed by atoms with van der Waals surface area (Å²) in [5.74, 6) is -0.269. The van der Waals surface area contributed by atoms with E-state index in [4.69, 9.17) is 23.2 Å². The van der Waals surface area contributed by atoms with Crippen molar-refractivity contribution < 1.29 is 4.39 Å². The molecule has 0 aliphatic carbocycles. The van der Waals surface area contributed by atoms with Crippen LogP contribution < -0.4 is 5.32 Å². The summed E-state index contributed by atoms with van der Waals surface area (Å²) in [6.45, 7) is 1.87. The lowest BCUT2D eigenvalue weighted by atomic mass is 10.1. The number of fused-ring (bicyclic) bond motifs is 1. The molecule has 3 rings (SSSR count). The van der Waals surface area contributed by atoms with Gasteiger partial charge in [-0.25, -0.2) is 4.39 Å². The minimum absolute atomic E-state index is 0.269. The Kier molecular flexibility index (Phi) is 4.76. The maximum absolute atomic E-state index is 14.0. The zero-order valence-corrected chi connectivity index (χ0v) is 15.2. The van der Waals surface area contributed by atoms with Crippen molar-refractivity contribution in [2.24, 2.45) is 0 Å². The Hall–Kier alpha value is -1.36. The molecule has 6 heteroatoms. The fourth-order valence-corrected chi connectivity index (χ4v) is 3.24. The molecule has 0 spiro atoms. The smallest absolute Gasteiger partial charge is 0.128 e. The van der Waals surface area contributed by atoms with Crippen LogP contribution in [-0.4, -0.2) is 4.98 Å². The van der Waals surface area contributed by atoms with Crippen LogP contribution in [0.4, 0.5) is 10.1 Å². The molecule has 0 aliphatic heterocycles. The van der Waals surface area contributed by atoms with Crippen LogP contribution in [0.15, 0.2) is 47.1 Å². The van der Waals surface area contributed by atoms with Crippen molar-refractivity contribution in [3.8, 4) is 0 Å². The summed E-state index contributed by atoms with van der Waals surface area (Å²) >= 11 is 16.1. The van der Waals surface area contributed by atoms with E-state index in [0.29, 0.717) is 32.2 Å². The maximum Gasteiger partial charge on any atom is 0.128 e. The Bertz CT molecular complexity index is 881. The van der Waals surface area contributed by atoms with Gasteiger partial charge in [-0.05, 0) is 41.1 Å². The zero-order valence-electron chi connectivity index (χ0n) is 12.1. The highest BCUT2D eigenvalue weighted by Gasteiger charge is 2.17. The van der Waals surface area contributed by atoms with Gasteiger partial charge in [-0.15, -0.1) is 0 Å². The number of pyridine rings is 1. The van der Waals surface area contributed by atoms with Crippen LogP contribution in [0.5, 0.6) is 0 Å². The fourth-order valence-electron chi connectivity index (χ4n) is 2.46. The van der Waals surface area contributed by atoms with E-state index in [9.17, 15) is 4.39 Å². The molecule has 118 valence electrons. The summed E-state index contributed by atoms with van der Waals surface area (Å²) in [5.41, 5.74) is 1.91. The molecule has 1 aromatic heterocycles. The molecule has 1 unspecified atom stereocenters. The third-order valence-corrected chi connectivity index (χ3v) is 5.18. The Morgan fingerprint density at radius 3 is 2.65 bits per heavy atom. The van der Waals surface area contributed by atoms with E-state index in [1.807, 2.05) is 19.1 Å². The zero-order chi connectivity index (χ0) is 16.6. The lowest BCUT2D eigenvalue weighted by Gasteiger charge is -2.19. The van der Waals surface area contributed by atoms with Gasteiger partial charge in [0.25, 0.3) is 0 Å². The number of halogens is 4. The predicted octanol–water partition coefficient (Wildman–Crippen LogP) is 6.62. The molecule has 23 heavy (non-hydrogen) atoms. The second-order valence-electron chi connectivity index (χ2n) is 5.12. The molecule has 0 radical (unpaired) electrons. The third kappa shape index (κ3) is 3.16. The van der Waals surface area contributed by atoms with Crippen LogP contribution >= 0.6 is 39.1 Å². The molecule has 2 aromatic carbocycles. The van der Waals surface area contributed by atoms with E-state index in [2.05, 4.69) is 26.2 Å². The molecule has 2 nitrogen and oxygen atoms in total. The van der Waals surface area contributed by atoms with Crippen molar-refractivity contribution in [1.82, 2.24) is 4.98 Å². The van der Waals surface area contributed by atoms with Crippen LogP contribution in [0.1, 0.15) is 18.5 Å². The Labute approximate surface area is 151 Å². The first-order valence-electron chi connectivity index (χ1n) is 6.92. The van der Waals surface area contributed by atoms with E-state index in [-0.39, 0.29) is 11.9 Å². The van der Waals surface area contributed by atoms with E-state index in [0.717, 1.165) is 4.47 Å². The Morgan fingerprint density at radius 2 is 1.91 bits per heavy atom. The maximum atomic E-state index is 14.0. The van der Waals surface area contributed by atoms with Gasteiger partial charge in [0.2, 0.25) is 0 Å². The van der Waals surface area contributed by atoms with Crippen molar-refractivity contribution in [3.05, 3.63) is 68.5 Å². The number of anilines is 1. The molecule has 1 atom stereocenters. The van der Waals surface area contributed by atoms with Crippen molar-refractivity contribution in [3.63, 3.8) is 0 Å². The fraction of sp³-hybridized carbons (Fsp3) is 0.118. The third-order valence-electron chi connectivity index (χ3n) is 3.61. The van der Waals surface area contributed by atoms with E-state index in [1.165, 1.54) is 6.07 Å². The molecular weight excluding hydrogens is 402 g/mol. The van der Waals surface area contributed by atoms with Crippen LogP contribution in [-0.2, 0) is 0 Å². The second kappa shape index (κ2) is 6.63. The van der Waals surface area contributed by atoms with Gasteiger partial charge in [0.05, 0.1) is 27.3 Å². The second-order valence-corrected chi connectivity index (χ2v) is 6.76. The molecule has 0 amide bonds. The Balaban J connectivity index is 2.11. The highest BCUT2D eigenvalue weighted by atomic mass is 79.9. The number of aromatic nitrogens is 1. The summed E-state index contributed by atoms with van der Waals surface area (Å²) < 4.78 is 14.7. The molecule has 1 heterocycles. The van der Waals surface area contributed by atoms with E-state index >= 15 is 0 Å². The molecule has 1 N–H and O–H groups in total. The standard InChI is InChI=1S/C17H12BrCl2FN2/c1-9(10-4-2-3-5-13(10)21)23-17-12(19)8-22-14-7-6-11(18)16(20)15(14)17/h2-9H,1H3,(H,22,23). The normalized spacial score (nSPS) is 12.4. The van der Waals surface area contributed by atoms with Crippen LogP contribution in [0.2, 0.25) is 10.0 Å². The first kappa shape index (κ1) is 16.5. The monoisotopic (exact) mass is 412 g/mol. The number of nitrogens with zero attached hydrogens (tertiary/aromatic N) is 1. The summed E-state index contributed by atoms with van der Waals surface area (Å²) in [6.07, 6.45) is 1.56. The minimum Gasteiger partial charge on any atom is -0.377 e. The molecule has 0 aliphatic rings. The van der Waals surface area contributed by atoms with Gasteiger partial charge in [-0.2, -0.15) is 0 Å². The van der Waals surface area contributed by atoms with Crippen molar-refractivity contribution >= 4 is 55.7 Å². The SMILES string of the molecule is CC(Nc1c(Cl)cnc2ccc(Br)c(Cl)c12)c1ccccc1F. The predicted molar refractivity (Wildman–Crippen MR) is 97.9 cm³/mol. The van der Waals surface area contributed by atoms with Crippen molar-refractivity contribution in [1.29, 1.82) is 0 Å². The number of nitrogens with one attached hydrogen (secondary N) is 1. The van der Waals surface area contributed by atoms with E-state index < -0.39 is 0 Å². The van der Waals surface area contributed by atoms with Gasteiger partial charge in [0, 0.05) is 21.6 Å².